The lowest BCUT2D eigenvalue weighted by Crippen LogP contribution is -2.18. The van der Waals surface area contributed by atoms with Gasteiger partial charge in [-0.05, 0) is 44.2 Å². The lowest BCUT2D eigenvalue weighted by Gasteiger charge is -2.21. The third-order valence-electron chi connectivity index (χ3n) is 2.81. The van der Waals surface area contributed by atoms with Crippen LogP contribution >= 0.6 is 11.3 Å². The molecule has 0 aliphatic heterocycles. The number of thiophene rings is 1. The van der Waals surface area contributed by atoms with Crippen molar-refractivity contribution in [2.24, 2.45) is 0 Å². The van der Waals surface area contributed by atoms with Crippen molar-refractivity contribution in [2.45, 2.75) is 31.7 Å². The molecule has 1 unspecified atom stereocenters. The van der Waals surface area contributed by atoms with E-state index in [-0.39, 0.29) is 0 Å². The Bertz CT molecular complexity index is 300. The Kier molecular flexibility index (Phi) is 3.38. The average Bonchev–Trinajstić information content (AvgIpc) is 2.74. The maximum absolute atomic E-state index is 3.42. The van der Waals surface area contributed by atoms with Crippen LogP contribution in [0, 0.1) is 0 Å². The molecule has 0 spiro atoms. The number of nitrogens with one attached hydrogen (secondary N) is 1. The van der Waals surface area contributed by atoms with Crippen molar-refractivity contribution in [3.05, 3.63) is 34.0 Å². The number of hydrogen-bond acceptors (Lipinski definition) is 2. The van der Waals surface area contributed by atoms with E-state index in [0.717, 1.165) is 0 Å². The molecular weight excluding hydrogens is 190 g/mol. The Labute approximate surface area is 89.8 Å². The van der Waals surface area contributed by atoms with Crippen LogP contribution in [0.2, 0.25) is 0 Å². The number of allylic oxidation sites excluding steroid dienone is 1. The first kappa shape index (κ1) is 9.94. The highest BCUT2D eigenvalue weighted by molar-refractivity contribution is 7.10. The molecule has 0 saturated heterocycles. The van der Waals surface area contributed by atoms with E-state index in [2.05, 4.69) is 36.0 Å². The fraction of sp³-hybridized carbons (Fsp3) is 0.500. The average molecular weight is 207 g/mol. The van der Waals surface area contributed by atoms with Gasteiger partial charge in [0.25, 0.3) is 0 Å². The van der Waals surface area contributed by atoms with E-state index in [1.807, 2.05) is 11.3 Å². The summed E-state index contributed by atoms with van der Waals surface area (Å²) in [7, 11) is 2.06. The van der Waals surface area contributed by atoms with E-state index in [1.54, 1.807) is 5.57 Å². The maximum atomic E-state index is 3.42. The molecule has 1 nitrogen and oxygen atoms in total. The van der Waals surface area contributed by atoms with E-state index >= 15 is 0 Å². The molecule has 0 radical (unpaired) electrons. The minimum Gasteiger partial charge on any atom is -0.309 e. The fourth-order valence-electron chi connectivity index (χ4n) is 2.09. The van der Waals surface area contributed by atoms with Crippen LogP contribution in [0.3, 0.4) is 0 Å². The molecule has 0 amide bonds. The first-order chi connectivity index (χ1) is 6.92. The lowest BCUT2D eigenvalue weighted by molar-refractivity contribution is 0.599. The lowest BCUT2D eigenvalue weighted by atomic mass is 9.93. The summed E-state index contributed by atoms with van der Waals surface area (Å²) >= 11 is 1.85. The molecule has 2 rings (SSSR count). The van der Waals surface area contributed by atoms with Crippen molar-refractivity contribution in [3.8, 4) is 0 Å². The third-order valence-corrected chi connectivity index (χ3v) is 3.75. The quantitative estimate of drug-likeness (QED) is 0.748. The Hall–Kier alpha value is -0.600. The molecule has 1 aliphatic rings. The number of likely N-dealkylation sites (N-methyl/N-ethyl adjacent to an activating group) is 1. The van der Waals surface area contributed by atoms with Gasteiger partial charge in [-0.25, -0.2) is 0 Å². The van der Waals surface area contributed by atoms with Crippen molar-refractivity contribution >= 4 is 11.3 Å². The molecule has 0 fully saturated rings. The van der Waals surface area contributed by atoms with Crippen LogP contribution in [-0.4, -0.2) is 7.05 Å². The first-order valence-corrected chi connectivity index (χ1v) is 6.19. The summed E-state index contributed by atoms with van der Waals surface area (Å²) in [6.07, 6.45) is 7.67. The van der Waals surface area contributed by atoms with Gasteiger partial charge in [0.05, 0.1) is 6.04 Å². The summed E-state index contributed by atoms with van der Waals surface area (Å²) in [4.78, 5) is 1.45. The minimum atomic E-state index is 0.468. The summed E-state index contributed by atoms with van der Waals surface area (Å²) < 4.78 is 0. The van der Waals surface area contributed by atoms with Crippen LogP contribution in [0.15, 0.2) is 29.2 Å². The van der Waals surface area contributed by atoms with E-state index in [1.165, 1.54) is 30.6 Å². The van der Waals surface area contributed by atoms with Gasteiger partial charge in [-0.15, -0.1) is 11.3 Å². The Morgan fingerprint density at radius 3 is 2.93 bits per heavy atom. The largest absolute Gasteiger partial charge is 0.309 e. The molecule has 0 aromatic carbocycles. The molecular formula is C12H17NS. The van der Waals surface area contributed by atoms with Crippen molar-refractivity contribution in [1.82, 2.24) is 5.32 Å². The second-order valence-corrected chi connectivity index (χ2v) is 4.74. The first-order valence-electron chi connectivity index (χ1n) is 5.31. The molecule has 1 aliphatic carbocycles. The number of hydrogen-bond donors (Lipinski definition) is 1. The highest BCUT2D eigenvalue weighted by Gasteiger charge is 2.16. The van der Waals surface area contributed by atoms with Gasteiger partial charge >= 0.3 is 0 Å². The Balaban J connectivity index is 2.16. The zero-order valence-corrected chi connectivity index (χ0v) is 9.44. The molecule has 14 heavy (non-hydrogen) atoms. The maximum Gasteiger partial charge on any atom is 0.0628 e. The van der Waals surface area contributed by atoms with Crippen molar-refractivity contribution < 1.29 is 0 Å². The van der Waals surface area contributed by atoms with Gasteiger partial charge in [0.1, 0.15) is 0 Å². The summed E-state index contributed by atoms with van der Waals surface area (Å²) in [5, 5.41) is 5.57. The van der Waals surface area contributed by atoms with Gasteiger partial charge in [0.15, 0.2) is 0 Å². The van der Waals surface area contributed by atoms with E-state index in [4.69, 9.17) is 0 Å². The highest BCUT2D eigenvalue weighted by Crippen LogP contribution is 2.31. The molecule has 1 N–H and O–H groups in total. The molecule has 0 bridgehead atoms. The normalized spacial score (nSPS) is 19.1. The SMILES string of the molecule is CNC(C1=CCCCC1)c1cccs1. The third kappa shape index (κ3) is 2.07. The topological polar surface area (TPSA) is 12.0 Å². The Morgan fingerprint density at radius 1 is 1.43 bits per heavy atom. The van der Waals surface area contributed by atoms with Crippen LogP contribution in [-0.2, 0) is 0 Å². The standard InChI is InChI=1S/C12H17NS/c1-13-12(11-8-5-9-14-11)10-6-3-2-4-7-10/h5-6,8-9,12-13H,2-4,7H2,1H3. The predicted molar refractivity (Wildman–Crippen MR) is 62.7 cm³/mol. The van der Waals surface area contributed by atoms with E-state index in [0.29, 0.717) is 6.04 Å². The van der Waals surface area contributed by atoms with E-state index < -0.39 is 0 Å². The molecule has 1 heterocycles. The van der Waals surface area contributed by atoms with Gasteiger partial charge in [-0.1, -0.05) is 17.7 Å². The fourth-order valence-corrected chi connectivity index (χ4v) is 2.97. The van der Waals surface area contributed by atoms with Crippen LogP contribution in [0.5, 0.6) is 0 Å². The highest BCUT2D eigenvalue weighted by atomic mass is 32.1. The van der Waals surface area contributed by atoms with Crippen LogP contribution < -0.4 is 5.32 Å². The zero-order valence-electron chi connectivity index (χ0n) is 8.62. The van der Waals surface area contributed by atoms with Gasteiger partial charge < -0.3 is 5.32 Å². The molecule has 1 aromatic heterocycles. The minimum absolute atomic E-state index is 0.468. The van der Waals surface area contributed by atoms with Crippen molar-refractivity contribution in [1.29, 1.82) is 0 Å². The smallest absolute Gasteiger partial charge is 0.0628 e. The summed E-state index contributed by atoms with van der Waals surface area (Å²) in [6, 6.07) is 4.82. The van der Waals surface area contributed by atoms with Crippen molar-refractivity contribution in [3.63, 3.8) is 0 Å². The van der Waals surface area contributed by atoms with Crippen LogP contribution in [0.25, 0.3) is 0 Å². The molecule has 0 saturated carbocycles. The Morgan fingerprint density at radius 2 is 2.36 bits per heavy atom. The monoisotopic (exact) mass is 207 g/mol. The van der Waals surface area contributed by atoms with Gasteiger partial charge in [-0.2, -0.15) is 0 Å². The van der Waals surface area contributed by atoms with Crippen molar-refractivity contribution in [2.75, 3.05) is 7.05 Å². The number of rotatable bonds is 3. The molecule has 1 atom stereocenters. The van der Waals surface area contributed by atoms with Gasteiger partial charge in [0, 0.05) is 4.88 Å². The van der Waals surface area contributed by atoms with Gasteiger partial charge in [-0.3, -0.25) is 0 Å². The summed E-state index contributed by atoms with van der Waals surface area (Å²) in [5.74, 6) is 0. The zero-order chi connectivity index (χ0) is 9.80. The molecule has 2 heteroatoms. The molecule has 76 valence electrons. The predicted octanol–water partition coefficient (Wildman–Crippen LogP) is 3.51. The second kappa shape index (κ2) is 4.76. The molecule has 1 aromatic rings. The van der Waals surface area contributed by atoms with Crippen LogP contribution in [0.1, 0.15) is 36.6 Å². The summed E-state index contributed by atoms with van der Waals surface area (Å²) in [6.45, 7) is 0. The van der Waals surface area contributed by atoms with Crippen LogP contribution in [0.4, 0.5) is 0 Å². The van der Waals surface area contributed by atoms with E-state index in [9.17, 15) is 0 Å². The summed E-state index contributed by atoms with van der Waals surface area (Å²) in [5.41, 5.74) is 1.58. The van der Waals surface area contributed by atoms with Gasteiger partial charge in [0.2, 0.25) is 0 Å². The second-order valence-electron chi connectivity index (χ2n) is 3.76.